The Hall–Kier alpha value is -1.13. The van der Waals surface area contributed by atoms with Crippen molar-refractivity contribution in [3.8, 4) is 0 Å². The largest absolute Gasteiger partial charge is 0.491 e. The molecule has 26 heavy (non-hydrogen) atoms. The third-order valence-electron chi connectivity index (χ3n) is 4.54. The fourth-order valence-corrected chi connectivity index (χ4v) is 3.51. The highest BCUT2D eigenvalue weighted by atomic mass is 32.2. The molecular weight excluding hydrogens is 373 g/mol. The molecule has 1 aromatic carbocycles. The van der Waals surface area contributed by atoms with E-state index >= 15 is 0 Å². The number of thioether (sulfide) groups is 1. The molecule has 1 heterocycles. The molecule has 0 aliphatic carbocycles. The van der Waals surface area contributed by atoms with E-state index in [9.17, 15) is 13.2 Å². The Labute approximate surface area is 159 Å². The van der Waals surface area contributed by atoms with Gasteiger partial charge in [0, 0.05) is 12.7 Å². The molecule has 142 valence electrons. The molecule has 1 aliphatic heterocycles. The summed E-state index contributed by atoms with van der Waals surface area (Å²) < 4.78 is 35.3. The fraction of sp³-hybridized carbons (Fsp3) is 0.471. The van der Waals surface area contributed by atoms with E-state index in [0.717, 1.165) is 17.2 Å². The molecule has 2 N–H and O–H groups in total. The van der Waals surface area contributed by atoms with Gasteiger partial charge < -0.3 is 9.31 Å². The van der Waals surface area contributed by atoms with Gasteiger partial charge >= 0.3 is 7.12 Å². The number of rotatable bonds is 5. The highest BCUT2D eigenvalue weighted by Crippen LogP contribution is 2.39. The van der Waals surface area contributed by atoms with Gasteiger partial charge in [0.1, 0.15) is 0 Å². The van der Waals surface area contributed by atoms with E-state index in [0.29, 0.717) is 11.3 Å². The van der Waals surface area contributed by atoms with Crippen LogP contribution in [0.4, 0.5) is 0 Å². The average molecular weight is 397 g/mol. The van der Waals surface area contributed by atoms with Gasteiger partial charge in [-0.15, -0.1) is 0 Å². The molecule has 1 aromatic rings. The monoisotopic (exact) mass is 397 g/mol. The van der Waals surface area contributed by atoms with E-state index in [4.69, 9.17) is 14.4 Å². The molecule has 2 rings (SSSR count). The van der Waals surface area contributed by atoms with Crippen LogP contribution in [0.2, 0.25) is 0 Å². The number of carbonyl (C=O) groups excluding carboxylic acids is 1. The third-order valence-corrected chi connectivity index (χ3v) is 6.33. The Kier molecular flexibility index (Phi) is 6.09. The summed E-state index contributed by atoms with van der Waals surface area (Å²) in [4.78, 5) is 11.4. The first-order valence-electron chi connectivity index (χ1n) is 8.14. The lowest BCUT2D eigenvalue weighted by Crippen LogP contribution is -2.41. The Morgan fingerprint density at radius 1 is 1.23 bits per heavy atom. The van der Waals surface area contributed by atoms with Crippen molar-refractivity contribution in [3.63, 3.8) is 0 Å². The zero-order chi connectivity index (χ0) is 19.8. The van der Waals surface area contributed by atoms with Gasteiger partial charge in [0.05, 0.1) is 16.1 Å². The summed E-state index contributed by atoms with van der Waals surface area (Å²) in [7, 11) is -4.41. The normalized spacial score (nSPS) is 19.6. The number of sulfonamides is 1. The second-order valence-electron chi connectivity index (χ2n) is 7.21. The maximum atomic E-state index is 11.6. The van der Waals surface area contributed by atoms with Crippen molar-refractivity contribution in [2.75, 3.05) is 5.75 Å². The van der Waals surface area contributed by atoms with Crippen LogP contribution in [0, 0.1) is 0 Å². The minimum atomic E-state index is -3.79. The predicted molar refractivity (Wildman–Crippen MR) is 105 cm³/mol. The molecule has 0 amide bonds. The Balaban J connectivity index is 2.40. The Bertz CT molecular complexity index is 817. The van der Waals surface area contributed by atoms with Gasteiger partial charge in [-0.3, -0.25) is 4.79 Å². The molecule has 6 nitrogen and oxygen atoms in total. The zero-order valence-corrected chi connectivity index (χ0v) is 17.2. The minimum absolute atomic E-state index is 0.0225. The number of carbonyl (C=O) groups is 1. The van der Waals surface area contributed by atoms with Crippen LogP contribution >= 0.6 is 11.8 Å². The van der Waals surface area contributed by atoms with Gasteiger partial charge in [0.15, 0.2) is 5.12 Å². The molecule has 0 bridgehead atoms. The highest BCUT2D eigenvalue weighted by molar-refractivity contribution is 8.13. The van der Waals surface area contributed by atoms with Crippen LogP contribution in [-0.2, 0) is 24.1 Å². The fourth-order valence-electron chi connectivity index (χ4n) is 2.35. The lowest BCUT2D eigenvalue weighted by Gasteiger charge is -2.32. The second-order valence-corrected chi connectivity index (χ2v) is 9.92. The minimum Gasteiger partial charge on any atom is -0.400 e. The van der Waals surface area contributed by atoms with Crippen LogP contribution in [0.3, 0.4) is 0 Å². The molecular formula is C17H24BNO5S2. The number of hydrogen-bond acceptors (Lipinski definition) is 6. The van der Waals surface area contributed by atoms with Gasteiger partial charge in [-0.25, -0.2) is 13.6 Å². The van der Waals surface area contributed by atoms with Crippen molar-refractivity contribution in [1.82, 2.24) is 0 Å². The third kappa shape index (κ3) is 4.98. The van der Waals surface area contributed by atoms with Crippen molar-refractivity contribution in [2.45, 2.75) is 50.7 Å². The number of nitrogens with two attached hydrogens (primary N) is 1. The zero-order valence-electron chi connectivity index (χ0n) is 15.6. The van der Waals surface area contributed by atoms with Crippen molar-refractivity contribution >= 4 is 40.1 Å². The maximum absolute atomic E-state index is 11.6. The summed E-state index contributed by atoms with van der Waals surface area (Å²) in [6.07, 6.45) is 1.78. The highest BCUT2D eigenvalue weighted by Gasteiger charge is 2.52. The van der Waals surface area contributed by atoms with E-state index in [1.807, 2.05) is 27.7 Å². The number of hydrogen-bond donors (Lipinski definition) is 1. The maximum Gasteiger partial charge on any atom is 0.491 e. The number of primary sulfonamides is 1. The molecule has 9 heteroatoms. The van der Waals surface area contributed by atoms with Crippen LogP contribution in [0.1, 0.15) is 40.2 Å². The molecule has 0 spiro atoms. The molecule has 0 unspecified atom stereocenters. The van der Waals surface area contributed by atoms with Crippen LogP contribution < -0.4 is 5.14 Å². The second kappa shape index (κ2) is 7.48. The molecule has 0 saturated carbocycles. The summed E-state index contributed by atoms with van der Waals surface area (Å²) >= 11 is 1.15. The molecule has 0 aromatic heterocycles. The lowest BCUT2D eigenvalue weighted by atomic mass is 9.78. The van der Waals surface area contributed by atoms with Crippen molar-refractivity contribution in [3.05, 3.63) is 35.3 Å². The first-order valence-corrected chi connectivity index (χ1v) is 10.7. The molecule has 1 fully saturated rings. The first-order chi connectivity index (χ1) is 11.8. The molecule has 1 aliphatic rings. The summed E-state index contributed by atoms with van der Waals surface area (Å²) in [6, 6.07) is 6.30. The number of benzene rings is 1. The Morgan fingerprint density at radius 3 is 2.31 bits per heavy atom. The van der Waals surface area contributed by atoms with E-state index < -0.39 is 28.3 Å². The van der Waals surface area contributed by atoms with Gasteiger partial charge in [0.25, 0.3) is 0 Å². The van der Waals surface area contributed by atoms with Crippen molar-refractivity contribution < 1.29 is 22.5 Å². The van der Waals surface area contributed by atoms with E-state index in [2.05, 4.69) is 0 Å². The molecule has 0 radical (unpaired) electrons. The van der Waals surface area contributed by atoms with Gasteiger partial charge in [0.2, 0.25) is 10.0 Å². The summed E-state index contributed by atoms with van der Waals surface area (Å²) in [5.41, 5.74) is 0.362. The van der Waals surface area contributed by atoms with Gasteiger partial charge in [-0.05, 0) is 50.9 Å². The summed E-state index contributed by atoms with van der Waals surface area (Å²) in [6.45, 7) is 9.29. The van der Waals surface area contributed by atoms with Crippen molar-refractivity contribution in [2.24, 2.45) is 5.14 Å². The smallest absolute Gasteiger partial charge is 0.400 e. The SMILES string of the molecule is CC(=O)SCC(=Cc1cccc(S(N)(=O)=O)c1)B1OC(C)(C)C(C)(C)O1. The van der Waals surface area contributed by atoms with E-state index in [-0.39, 0.29) is 10.0 Å². The molecule has 0 atom stereocenters. The van der Waals surface area contributed by atoms with Crippen LogP contribution in [-0.4, -0.2) is 37.6 Å². The average Bonchev–Trinajstić information content (AvgIpc) is 2.71. The van der Waals surface area contributed by atoms with Crippen LogP contribution in [0.15, 0.2) is 34.6 Å². The Morgan fingerprint density at radius 2 is 1.81 bits per heavy atom. The predicted octanol–water partition coefficient (Wildman–Crippen LogP) is 2.63. The van der Waals surface area contributed by atoms with Gasteiger partial charge in [-0.1, -0.05) is 30.0 Å². The van der Waals surface area contributed by atoms with Crippen LogP contribution in [0.25, 0.3) is 6.08 Å². The molecule has 1 saturated heterocycles. The van der Waals surface area contributed by atoms with Crippen LogP contribution in [0.5, 0.6) is 0 Å². The van der Waals surface area contributed by atoms with E-state index in [1.54, 1.807) is 18.2 Å². The summed E-state index contributed by atoms with van der Waals surface area (Å²) in [5.74, 6) is 0.381. The van der Waals surface area contributed by atoms with E-state index in [1.165, 1.54) is 19.1 Å². The van der Waals surface area contributed by atoms with Crippen molar-refractivity contribution in [1.29, 1.82) is 0 Å². The standard InChI is InChI=1S/C17H24BNO5S2/c1-12(20)25-11-14(18-23-16(2,3)17(4,5)24-18)9-13-7-6-8-15(10-13)26(19,21)22/h6-10H,11H2,1-5H3,(H2,19,21,22). The summed E-state index contributed by atoms with van der Waals surface area (Å²) in [5, 5.41) is 5.18. The first kappa shape index (κ1) is 21.2. The lowest BCUT2D eigenvalue weighted by molar-refractivity contribution is -0.109. The quantitative estimate of drug-likeness (QED) is 0.768. The van der Waals surface area contributed by atoms with Gasteiger partial charge in [-0.2, -0.15) is 0 Å². The topological polar surface area (TPSA) is 95.7 Å².